The molecule has 4 aliphatic rings. The van der Waals surface area contributed by atoms with E-state index in [0.29, 0.717) is 0 Å². The zero-order chi connectivity index (χ0) is 42.6. The summed E-state index contributed by atoms with van der Waals surface area (Å²) in [5, 5.41) is 113. The van der Waals surface area contributed by atoms with Crippen LogP contribution in [0.3, 0.4) is 0 Å². The fourth-order valence-electron chi connectivity index (χ4n) is 4.65. The summed E-state index contributed by atoms with van der Waals surface area (Å²) >= 11 is 0. The molecule has 20 atom stereocenters. The van der Waals surface area contributed by atoms with Gasteiger partial charge < -0.3 is 109 Å². The van der Waals surface area contributed by atoms with Crippen LogP contribution in [0.25, 0.3) is 0 Å². The number of phosphoric ester groups is 4. The second kappa shape index (κ2) is 24.5. The number of hydrogen-bond acceptors (Lipinski definition) is 30. The maximum atomic E-state index is 11.8. The Labute approximate surface area is 373 Å². The summed E-state index contributed by atoms with van der Waals surface area (Å²) in [5.41, 5.74) is 0. The van der Waals surface area contributed by atoms with Crippen LogP contribution in [0.5, 0.6) is 0 Å². The summed E-state index contributed by atoms with van der Waals surface area (Å²) in [7, 11) is -22.7. The van der Waals surface area contributed by atoms with Gasteiger partial charge in [-0.3, -0.25) is 27.3 Å². The second-order valence-corrected chi connectivity index (χ2v) is 17.6. The van der Waals surface area contributed by atoms with E-state index < -0.39 is 156 Å². The normalized spacial score (nSPS) is 41.0. The largest absolute Gasteiger partial charge is 0.756 e. The fraction of sp³-hybridized carbons (Fsp3) is 0.909. The molecule has 0 saturated carbocycles. The predicted molar refractivity (Wildman–Crippen MR) is 157 cm³/mol. The topological polar surface area (TPSA) is 496 Å². The number of aliphatic hydroxyl groups excluding tert-OH is 12. The van der Waals surface area contributed by atoms with Crippen LogP contribution in [-0.2, 0) is 63.9 Å². The fourth-order valence-corrected chi connectivity index (χ4v) is 8.81. The van der Waals surface area contributed by atoms with Gasteiger partial charge in [-0.1, -0.05) is 0 Å². The quantitative estimate of drug-likeness (QED) is 0.0475. The van der Waals surface area contributed by atoms with Crippen LogP contribution in [0.15, 0.2) is 0 Å². The molecular formula is C22H38O30P4U2-6. The van der Waals surface area contributed by atoms with Crippen LogP contribution in [-0.4, -0.2) is 186 Å². The van der Waals surface area contributed by atoms with Gasteiger partial charge in [0.1, 0.15) is 48.8 Å². The van der Waals surface area contributed by atoms with E-state index in [9.17, 15) is 88.9 Å². The Bertz CT molecular complexity index is 1450. The van der Waals surface area contributed by atoms with E-state index in [4.69, 9.17) is 29.2 Å². The van der Waals surface area contributed by atoms with E-state index in [0.717, 1.165) is 13.2 Å². The molecule has 4 heterocycles. The van der Waals surface area contributed by atoms with E-state index in [2.05, 4.69) is 26.7 Å². The third kappa shape index (κ3) is 16.8. The van der Waals surface area contributed by atoms with Crippen molar-refractivity contribution in [3.05, 3.63) is 13.2 Å². The maximum Gasteiger partial charge on any atom is 0.276 e. The van der Waals surface area contributed by atoms with Gasteiger partial charge >= 0.3 is 0 Å². The van der Waals surface area contributed by atoms with Crippen molar-refractivity contribution >= 4 is 31.3 Å². The molecule has 36 heteroatoms. The molecule has 0 aliphatic carbocycles. The number of hydrogen-bond donors (Lipinski definition) is 12. The average molecular weight is 1380 g/mol. The average Bonchev–Trinajstić information content (AvgIpc) is 3.70. The monoisotopic (exact) mass is 1380 g/mol. The third-order valence-corrected chi connectivity index (χ3v) is 12.6. The summed E-state index contributed by atoms with van der Waals surface area (Å²) in [6.07, 6.45) is -27.4. The van der Waals surface area contributed by atoms with Crippen LogP contribution < -0.4 is 19.6 Å². The molecule has 58 heavy (non-hydrogen) atoms. The van der Waals surface area contributed by atoms with Crippen molar-refractivity contribution in [2.45, 2.75) is 98.0 Å². The minimum Gasteiger partial charge on any atom is -0.756 e. The van der Waals surface area contributed by atoms with Gasteiger partial charge in [-0.25, -0.2) is 8.62 Å². The van der Waals surface area contributed by atoms with Gasteiger partial charge in [0.25, 0.3) is 31.3 Å². The first-order valence-electron chi connectivity index (χ1n) is 15.4. The summed E-state index contributed by atoms with van der Waals surface area (Å²) in [6, 6.07) is 0. The van der Waals surface area contributed by atoms with Crippen molar-refractivity contribution in [2.75, 3.05) is 26.4 Å². The molecule has 4 saturated heterocycles. The van der Waals surface area contributed by atoms with Gasteiger partial charge in [-0.2, -0.15) is 13.2 Å². The van der Waals surface area contributed by atoms with E-state index in [1.807, 2.05) is 0 Å². The van der Waals surface area contributed by atoms with Crippen LogP contribution in [0, 0.1) is 75.4 Å². The zero-order valence-corrected chi connectivity index (χ0v) is 40.6. The van der Waals surface area contributed by atoms with Crippen molar-refractivity contribution < 1.29 is 207 Å². The first kappa shape index (κ1) is 58.0. The maximum absolute atomic E-state index is 11.8. The Morgan fingerprint density at radius 1 is 0.552 bits per heavy atom. The molecule has 30 nitrogen and oxygen atoms in total. The van der Waals surface area contributed by atoms with Gasteiger partial charge in [0.15, 0.2) is 12.6 Å². The molecule has 4 aliphatic heterocycles. The Morgan fingerprint density at radius 3 is 1.31 bits per heavy atom. The first-order chi connectivity index (χ1) is 25.7. The van der Waals surface area contributed by atoms with Crippen LogP contribution >= 0.6 is 31.3 Å². The van der Waals surface area contributed by atoms with Gasteiger partial charge in [0.05, 0.1) is 50.8 Å². The van der Waals surface area contributed by atoms with Crippen LogP contribution in [0.4, 0.5) is 0 Å². The molecule has 0 aromatic carbocycles. The van der Waals surface area contributed by atoms with Crippen molar-refractivity contribution in [1.29, 1.82) is 0 Å². The van der Waals surface area contributed by atoms with Crippen molar-refractivity contribution in [3.63, 3.8) is 0 Å². The molecule has 12 unspecified atom stereocenters. The van der Waals surface area contributed by atoms with E-state index in [1.54, 1.807) is 0 Å². The smallest absolute Gasteiger partial charge is 0.276 e. The molecule has 4 fully saturated rings. The number of ether oxygens (including phenoxy) is 4. The van der Waals surface area contributed by atoms with Gasteiger partial charge in [0.2, 0.25) is 0 Å². The standard InChI is InChI=1S/2C11H21O15P2.2U/c12-1-5-8(15)9(16)10(17)11(24-5)25-28(20,21)26-27(18,19)23-3-6-7(14)4(13)2-22-6;12-1-4(13)10-8(16)9(17)11(24-10)25-28(20,21)26-27(18,19)23-3-6-7(15)5(14)2-22-6;;/h2*2,4-17H,1,3H2,(H,18,19)(H,20,21);;/q2*-1;;/p-4/t4?,5?,6-,7-,8?,9?,10?,11?;4-,5?,6-,7-,8+,9?,10+,11-;;/m11../s1. The Hall–Kier alpha value is 1.98. The molecule has 4 rings (SSSR count). The SMILES string of the molecule is O=P([O-])(OC[C@H]1O[CH-]C(O)[C@H]1O)OP(=O)([O-])OC1OC(CO)C(O)C(O)C1O.O=P([O-])(OC[C@H]1O[CH-]C(O)[C@H]1O)OP(=O)([O-])O[C@H]1O[C@@H]([C@H](O)CO)[C@@H](O)C1O.[U].[U]. The Kier molecular flexibility index (Phi) is 24.5. The predicted octanol–water partition coefficient (Wildman–Crippen LogP) is -9.89. The molecule has 0 radical (unpaired) electrons. The summed E-state index contributed by atoms with van der Waals surface area (Å²) in [6.45, 7) is -1.95. The second-order valence-electron chi connectivity index (χ2n) is 11.7. The number of rotatable bonds is 17. The third-order valence-electron chi connectivity index (χ3n) is 7.58. The van der Waals surface area contributed by atoms with Crippen molar-refractivity contribution in [3.8, 4) is 0 Å². The van der Waals surface area contributed by atoms with Gasteiger partial charge in [0, 0.05) is 62.2 Å². The molecule has 340 valence electrons. The van der Waals surface area contributed by atoms with Crippen LogP contribution in [0.2, 0.25) is 0 Å². The first-order valence-corrected chi connectivity index (χ1v) is 21.2. The number of phosphoric acid groups is 4. The molecule has 0 aromatic heterocycles. The minimum atomic E-state index is -5.76. The van der Waals surface area contributed by atoms with Crippen molar-refractivity contribution in [2.24, 2.45) is 0 Å². The summed E-state index contributed by atoms with van der Waals surface area (Å²) in [5.74, 6) is 0. The summed E-state index contributed by atoms with van der Waals surface area (Å²) in [4.78, 5) is 46.8. The van der Waals surface area contributed by atoms with Gasteiger partial charge in [-0.15, -0.1) is 0 Å². The van der Waals surface area contributed by atoms with Crippen molar-refractivity contribution in [1.82, 2.24) is 0 Å². The van der Waals surface area contributed by atoms with Gasteiger partial charge in [-0.05, 0) is 12.2 Å². The molecule has 0 spiro atoms. The van der Waals surface area contributed by atoms with E-state index >= 15 is 0 Å². The number of aliphatic hydroxyl groups is 12. The minimum absolute atomic E-state index is 0. The zero-order valence-electron chi connectivity index (χ0n) is 28.7. The van der Waals surface area contributed by atoms with E-state index in [1.165, 1.54) is 0 Å². The molecular weight excluding hydrogens is 1340 g/mol. The molecule has 0 aromatic rings. The summed E-state index contributed by atoms with van der Waals surface area (Å²) < 4.78 is 90.2. The Morgan fingerprint density at radius 2 is 0.948 bits per heavy atom. The molecule has 0 amide bonds. The molecule has 12 N–H and O–H groups in total. The van der Waals surface area contributed by atoms with E-state index in [-0.39, 0.29) is 62.2 Å². The van der Waals surface area contributed by atoms with Crippen LogP contribution in [0.1, 0.15) is 0 Å². The molecule has 0 bridgehead atoms. The Balaban J connectivity index is 0.000000561.